The number of unbranched alkanes of at least 4 members (excludes halogenated alkanes) is 1. The second-order valence-corrected chi connectivity index (χ2v) is 4.90. The first-order chi connectivity index (χ1) is 9.11. The smallest absolute Gasteiger partial charge is 0.220 e. The Kier molecular flexibility index (Phi) is 6.86. The minimum absolute atomic E-state index is 0.0513. The maximum Gasteiger partial charge on any atom is 0.220 e. The number of carbonyl (C=O) groups excluding carboxylic acids is 2. The van der Waals surface area contributed by atoms with Crippen molar-refractivity contribution in [3.05, 3.63) is 35.4 Å². The van der Waals surface area contributed by atoms with E-state index in [1.807, 2.05) is 0 Å². The molecule has 1 N–H and O–H groups in total. The van der Waals surface area contributed by atoms with Crippen LogP contribution < -0.4 is 5.32 Å². The number of rotatable bonds is 8. The summed E-state index contributed by atoms with van der Waals surface area (Å²) in [7, 11) is 0. The van der Waals surface area contributed by atoms with Gasteiger partial charge in [-0.2, -0.15) is 0 Å². The van der Waals surface area contributed by atoms with Crippen molar-refractivity contribution in [1.82, 2.24) is 5.32 Å². The van der Waals surface area contributed by atoms with Crippen LogP contribution in [0.25, 0.3) is 0 Å². The van der Waals surface area contributed by atoms with E-state index in [9.17, 15) is 9.59 Å². The van der Waals surface area contributed by atoms with Gasteiger partial charge in [-0.3, -0.25) is 4.79 Å². The fourth-order valence-corrected chi connectivity index (χ4v) is 1.78. The van der Waals surface area contributed by atoms with Gasteiger partial charge in [-0.05, 0) is 30.9 Å². The Hall–Kier alpha value is -1.64. The van der Waals surface area contributed by atoms with E-state index >= 15 is 0 Å². The number of carbonyl (C=O) groups is 2. The predicted octanol–water partition coefficient (Wildman–Crippen LogP) is 3.01. The Morgan fingerprint density at radius 3 is 2.26 bits per heavy atom. The van der Waals surface area contributed by atoms with E-state index in [-0.39, 0.29) is 18.1 Å². The maximum atomic E-state index is 11.5. The molecule has 1 aromatic carbocycles. The summed E-state index contributed by atoms with van der Waals surface area (Å²) in [6, 6.07) is 8.34. The molecule has 0 radical (unpaired) electrons. The molecule has 0 aromatic heterocycles. The first kappa shape index (κ1) is 15.4. The largest absolute Gasteiger partial charge is 0.352 e. The number of Topliss-reactive ketones (excluding diaryl/α,β-unsaturated/α-hetero) is 1. The molecule has 0 aliphatic heterocycles. The number of hydrogen-bond acceptors (Lipinski definition) is 2. The highest BCUT2D eigenvalue weighted by Crippen LogP contribution is 2.08. The summed E-state index contributed by atoms with van der Waals surface area (Å²) >= 11 is 0. The average molecular weight is 261 g/mol. The molecule has 104 valence electrons. The third-order valence-electron chi connectivity index (χ3n) is 3.04. The molecule has 1 amide bonds. The van der Waals surface area contributed by atoms with Crippen molar-refractivity contribution in [2.24, 2.45) is 0 Å². The monoisotopic (exact) mass is 261 g/mol. The second-order valence-electron chi connectivity index (χ2n) is 4.90. The lowest BCUT2D eigenvalue weighted by Gasteiger charge is -2.06. The van der Waals surface area contributed by atoms with Gasteiger partial charge >= 0.3 is 0 Å². The lowest BCUT2D eigenvalue weighted by Crippen LogP contribution is -2.22. The van der Waals surface area contributed by atoms with Gasteiger partial charge in [-0.25, -0.2) is 0 Å². The van der Waals surface area contributed by atoms with Crippen molar-refractivity contribution in [2.45, 2.75) is 52.5 Å². The normalized spacial score (nSPS) is 10.2. The molecule has 0 unspecified atom stereocenters. The maximum absolute atomic E-state index is 11.5. The summed E-state index contributed by atoms with van der Waals surface area (Å²) in [5.41, 5.74) is 2.44. The first-order valence-electron chi connectivity index (χ1n) is 6.95. The predicted molar refractivity (Wildman–Crippen MR) is 76.8 cm³/mol. The minimum atomic E-state index is -0.0646. The molecule has 1 aromatic rings. The van der Waals surface area contributed by atoms with Crippen molar-refractivity contribution < 1.29 is 9.59 Å². The van der Waals surface area contributed by atoms with E-state index < -0.39 is 0 Å². The molecule has 1 rings (SSSR count). The van der Waals surface area contributed by atoms with Crippen LogP contribution in [0.2, 0.25) is 0 Å². The summed E-state index contributed by atoms with van der Waals surface area (Å²) in [6.07, 6.45) is 4.13. The van der Waals surface area contributed by atoms with Crippen LogP contribution in [0.3, 0.4) is 0 Å². The number of nitrogens with one attached hydrogen (secondary N) is 1. The number of ketones is 1. The molecule has 0 atom stereocenters. The number of hydrogen-bond donors (Lipinski definition) is 1. The van der Waals surface area contributed by atoms with Crippen LogP contribution in [0.4, 0.5) is 0 Å². The van der Waals surface area contributed by atoms with Crippen LogP contribution in [0.5, 0.6) is 0 Å². The van der Waals surface area contributed by atoms with Gasteiger partial charge in [0.1, 0.15) is 5.78 Å². The van der Waals surface area contributed by atoms with E-state index in [1.165, 1.54) is 25.3 Å². The lowest BCUT2D eigenvalue weighted by atomic mass is 10.1. The fourth-order valence-electron chi connectivity index (χ4n) is 1.78. The molecule has 0 fully saturated rings. The molecule has 0 spiro atoms. The van der Waals surface area contributed by atoms with Crippen molar-refractivity contribution in [3.8, 4) is 0 Å². The molecule has 19 heavy (non-hydrogen) atoms. The van der Waals surface area contributed by atoms with Crippen molar-refractivity contribution >= 4 is 11.7 Å². The van der Waals surface area contributed by atoms with E-state index in [0.717, 1.165) is 12.0 Å². The van der Waals surface area contributed by atoms with E-state index in [2.05, 4.69) is 36.5 Å². The van der Waals surface area contributed by atoms with Gasteiger partial charge < -0.3 is 10.1 Å². The summed E-state index contributed by atoms with van der Waals surface area (Å²) in [5, 5.41) is 2.83. The number of benzene rings is 1. The van der Waals surface area contributed by atoms with Crippen LogP contribution in [0.1, 0.15) is 50.7 Å². The van der Waals surface area contributed by atoms with Crippen molar-refractivity contribution in [3.63, 3.8) is 0 Å². The zero-order valence-corrected chi connectivity index (χ0v) is 11.9. The van der Waals surface area contributed by atoms with E-state index in [1.54, 1.807) is 0 Å². The average Bonchev–Trinajstić information content (AvgIpc) is 2.41. The van der Waals surface area contributed by atoms with Crippen LogP contribution in [-0.4, -0.2) is 11.7 Å². The highest BCUT2D eigenvalue weighted by Gasteiger charge is 2.03. The highest BCUT2D eigenvalue weighted by molar-refractivity contribution is 5.83. The number of amides is 1. The summed E-state index contributed by atoms with van der Waals surface area (Å²) in [6.45, 7) is 4.22. The van der Waals surface area contributed by atoms with Crippen LogP contribution in [-0.2, 0) is 22.6 Å². The van der Waals surface area contributed by atoms with Crippen LogP contribution in [0.15, 0.2) is 24.3 Å². The van der Waals surface area contributed by atoms with Gasteiger partial charge in [0.15, 0.2) is 0 Å². The number of aryl methyl sites for hydroxylation is 1. The van der Waals surface area contributed by atoms with Gasteiger partial charge in [0, 0.05) is 19.4 Å². The minimum Gasteiger partial charge on any atom is -0.352 e. The summed E-state index contributed by atoms with van der Waals surface area (Å²) in [5.74, 6) is -0.0133. The lowest BCUT2D eigenvalue weighted by molar-refractivity contribution is -0.124. The molecule has 3 heteroatoms. The van der Waals surface area contributed by atoms with Gasteiger partial charge in [-0.1, -0.05) is 37.6 Å². The summed E-state index contributed by atoms with van der Waals surface area (Å²) < 4.78 is 0. The molecular formula is C16H23NO2. The standard InChI is InChI=1S/C16H23NO2/c1-3-4-5-14-7-9-15(10-8-14)12-17-16(19)11-6-13(2)18/h7-10H,3-6,11-12H2,1-2H3,(H,17,19). The molecule has 0 saturated heterocycles. The zero-order valence-electron chi connectivity index (χ0n) is 11.9. The van der Waals surface area contributed by atoms with Gasteiger partial charge in [0.25, 0.3) is 0 Å². The molecule has 3 nitrogen and oxygen atoms in total. The quantitative estimate of drug-likeness (QED) is 0.782. The molecular weight excluding hydrogens is 238 g/mol. The second kappa shape index (κ2) is 8.46. The van der Waals surface area contributed by atoms with Gasteiger partial charge in [0.05, 0.1) is 0 Å². The fraction of sp³-hybridized carbons (Fsp3) is 0.500. The Balaban J connectivity index is 2.33. The van der Waals surface area contributed by atoms with Gasteiger partial charge in [-0.15, -0.1) is 0 Å². The Morgan fingerprint density at radius 2 is 1.68 bits per heavy atom. The van der Waals surface area contributed by atoms with Crippen molar-refractivity contribution in [1.29, 1.82) is 0 Å². The first-order valence-corrected chi connectivity index (χ1v) is 6.95. The third-order valence-corrected chi connectivity index (χ3v) is 3.04. The SMILES string of the molecule is CCCCc1ccc(CNC(=O)CCC(C)=O)cc1. The third kappa shape index (κ3) is 6.75. The molecule has 0 saturated carbocycles. The topological polar surface area (TPSA) is 46.2 Å². The Morgan fingerprint density at radius 1 is 1.05 bits per heavy atom. The Bertz CT molecular complexity index is 409. The van der Waals surface area contributed by atoms with Crippen LogP contribution >= 0.6 is 0 Å². The Labute approximate surface area is 115 Å². The van der Waals surface area contributed by atoms with E-state index in [4.69, 9.17) is 0 Å². The van der Waals surface area contributed by atoms with E-state index in [0.29, 0.717) is 13.0 Å². The van der Waals surface area contributed by atoms with Crippen LogP contribution in [0, 0.1) is 0 Å². The summed E-state index contributed by atoms with van der Waals surface area (Å²) in [4.78, 5) is 22.2. The molecule has 0 aliphatic rings. The zero-order chi connectivity index (χ0) is 14.1. The molecule has 0 aliphatic carbocycles. The molecule has 0 bridgehead atoms. The van der Waals surface area contributed by atoms with Gasteiger partial charge in [0.2, 0.25) is 5.91 Å². The van der Waals surface area contributed by atoms with Crippen molar-refractivity contribution in [2.75, 3.05) is 0 Å². The highest BCUT2D eigenvalue weighted by atomic mass is 16.2. The molecule has 0 heterocycles.